The number of hydrogen-bond donors (Lipinski definition) is 4. The lowest BCUT2D eigenvalue weighted by molar-refractivity contribution is -0.121. The minimum absolute atomic E-state index is 0.0424. The quantitative estimate of drug-likeness (QED) is 0.164. The highest BCUT2D eigenvalue weighted by atomic mass is 16.6. The molecule has 0 saturated carbocycles. The number of fused-ring (bicyclic) bond motifs is 1. The average Bonchev–Trinajstić information content (AvgIpc) is 3.71. The zero-order valence-electron chi connectivity index (χ0n) is 22.5. The van der Waals surface area contributed by atoms with Gasteiger partial charge in [0.15, 0.2) is 11.9 Å². The predicted octanol–water partition coefficient (Wildman–Crippen LogP) is 3.34. The highest BCUT2D eigenvalue weighted by molar-refractivity contribution is 6.06. The van der Waals surface area contributed by atoms with E-state index in [0.29, 0.717) is 0 Å². The van der Waals surface area contributed by atoms with Gasteiger partial charge in [0, 0.05) is 25.0 Å². The first-order valence-corrected chi connectivity index (χ1v) is 13.0. The lowest BCUT2D eigenvalue weighted by atomic mass is 9.88. The summed E-state index contributed by atoms with van der Waals surface area (Å²) < 4.78 is 5.35. The fourth-order valence-electron chi connectivity index (χ4n) is 3.81. The number of nitrogens with one attached hydrogen (secondary N) is 2. The maximum absolute atomic E-state index is 12.5. The summed E-state index contributed by atoms with van der Waals surface area (Å²) in [6.45, 7) is 1.93. The van der Waals surface area contributed by atoms with Crippen LogP contribution in [0.3, 0.4) is 0 Å². The molecule has 1 saturated heterocycles. The number of hydrogen-bond acceptors (Lipinski definition) is 7. The van der Waals surface area contributed by atoms with E-state index < -0.39 is 35.4 Å². The average molecular weight is 557 g/mol. The highest BCUT2D eigenvalue weighted by Gasteiger charge is 2.59. The summed E-state index contributed by atoms with van der Waals surface area (Å²) in [5.74, 6) is -1.88. The van der Waals surface area contributed by atoms with Crippen LogP contribution in [0.5, 0.6) is 0 Å². The number of allylic oxidation sites excluding steroid dienone is 17. The van der Waals surface area contributed by atoms with Crippen LogP contribution >= 0.6 is 0 Å². The molecule has 3 rings (SSSR count). The minimum Gasteiger partial charge on any atom is -0.510 e. The summed E-state index contributed by atoms with van der Waals surface area (Å²) in [5, 5.41) is 25.5. The van der Waals surface area contributed by atoms with E-state index in [1.807, 2.05) is 37.3 Å². The van der Waals surface area contributed by atoms with Gasteiger partial charge in [-0.25, -0.2) is 0 Å². The van der Waals surface area contributed by atoms with Crippen molar-refractivity contribution in [2.24, 2.45) is 0 Å². The number of rotatable bonds is 12. The monoisotopic (exact) mass is 556 g/mol. The molecule has 0 spiro atoms. The summed E-state index contributed by atoms with van der Waals surface area (Å²) in [6, 6.07) is 0. The predicted molar refractivity (Wildman–Crippen MR) is 155 cm³/mol. The van der Waals surface area contributed by atoms with Crippen LogP contribution in [0, 0.1) is 0 Å². The number of epoxide rings is 1. The Morgan fingerprint density at radius 2 is 1.37 bits per heavy atom. The molecule has 1 fully saturated rings. The molecule has 3 atom stereocenters. The van der Waals surface area contributed by atoms with Crippen LogP contribution in [0.25, 0.3) is 0 Å². The lowest BCUT2D eigenvalue weighted by Gasteiger charge is -2.23. The third-order valence-electron chi connectivity index (χ3n) is 5.89. The fourth-order valence-corrected chi connectivity index (χ4v) is 3.81. The van der Waals surface area contributed by atoms with Gasteiger partial charge in [0.1, 0.15) is 23.2 Å². The number of aliphatic hydroxyl groups is 2. The molecule has 4 N–H and O–H groups in total. The van der Waals surface area contributed by atoms with Crippen molar-refractivity contribution in [1.82, 2.24) is 10.6 Å². The van der Waals surface area contributed by atoms with Gasteiger partial charge < -0.3 is 25.6 Å². The Labute approximate surface area is 238 Å². The van der Waals surface area contributed by atoms with Gasteiger partial charge in [-0.15, -0.1) is 0 Å². The van der Waals surface area contributed by atoms with E-state index in [-0.39, 0.29) is 35.8 Å². The third kappa shape index (κ3) is 9.38. The molecule has 1 aliphatic heterocycles. The summed E-state index contributed by atoms with van der Waals surface area (Å²) in [6.07, 6.45) is 29.8. The Kier molecular flexibility index (Phi) is 11.3. The molecular weight excluding hydrogens is 524 g/mol. The number of Topliss-reactive ketones (excluding diaryl/α,β-unsaturated/α-hetero) is 2. The van der Waals surface area contributed by atoms with Gasteiger partial charge in [0.25, 0.3) is 0 Å². The van der Waals surface area contributed by atoms with Crippen molar-refractivity contribution in [2.45, 2.75) is 37.6 Å². The maximum atomic E-state index is 12.5. The number of amides is 2. The standard InChI is InChI=1S/C32H32N2O7/c1-2-3-4-5-6-7-8-11-14-17-26(37)33-23-22-32(40,31-30(41-31)29(23)39)21-16-13-10-9-12-15-18-27(38)34-28-24(35)19-20-25(28)36/h2-18,21-22,30-31,35,40H,19-20H2,1H3,(H,33,37)(H,34,38). The highest BCUT2D eigenvalue weighted by Crippen LogP contribution is 2.40. The van der Waals surface area contributed by atoms with Gasteiger partial charge in [0.05, 0.1) is 5.70 Å². The van der Waals surface area contributed by atoms with E-state index in [0.717, 1.165) is 0 Å². The molecule has 0 aromatic rings. The zero-order valence-corrected chi connectivity index (χ0v) is 22.5. The molecule has 1 heterocycles. The van der Waals surface area contributed by atoms with Crippen LogP contribution in [0.2, 0.25) is 0 Å². The number of ketones is 2. The van der Waals surface area contributed by atoms with Crippen molar-refractivity contribution < 1.29 is 34.1 Å². The first-order chi connectivity index (χ1) is 19.7. The summed E-state index contributed by atoms with van der Waals surface area (Å²) >= 11 is 0. The largest absolute Gasteiger partial charge is 0.510 e. The van der Waals surface area contributed by atoms with Crippen LogP contribution in [0.1, 0.15) is 19.8 Å². The van der Waals surface area contributed by atoms with E-state index in [4.69, 9.17) is 4.74 Å². The van der Waals surface area contributed by atoms with E-state index in [2.05, 4.69) is 10.6 Å². The van der Waals surface area contributed by atoms with E-state index in [1.165, 1.54) is 36.5 Å². The van der Waals surface area contributed by atoms with Crippen molar-refractivity contribution in [2.75, 3.05) is 0 Å². The summed E-state index contributed by atoms with van der Waals surface area (Å²) in [5.41, 5.74) is -1.68. The van der Waals surface area contributed by atoms with Crippen molar-refractivity contribution in [3.8, 4) is 0 Å². The number of carbonyl (C=O) groups is 4. The normalized spacial score (nSPS) is 25.2. The number of carbonyl (C=O) groups excluding carboxylic acids is 4. The summed E-state index contributed by atoms with van der Waals surface area (Å²) in [7, 11) is 0. The van der Waals surface area contributed by atoms with E-state index >= 15 is 0 Å². The van der Waals surface area contributed by atoms with Crippen molar-refractivity contribution in [1.29, 1.82) is 0 Å². The second-order valence-corrected chi connectivity index (χ2v) is 9.04. The Bertz CT molecular complexity index is 1380. The van der Waals surface area contributed by atoms with Crippen molar-refractivity contribution in [3.63, 3.8) is 0 Å². The second kappa shape index (κ2) is 15.1. The molecule has 2 aliphatic carbocycles. The zero-order chi connectivity index (χ0) is 29.7. The Hall–Kier alpha value is -4.86. The minimum atomic E-state index is -1.58. The Morgan fingerprint density at radius 3 is 1.93 bits per heavy atom. The molecule has 0 radical (unpaired) electrons. The molecule has 2 amide bonds. The first kappa shape index (κ1) is 30.7. The third-order valence-corrected chi connectivity index (χ3v) is 5.89. The van der Waals surface area contributed by atoms with Crippen molar-refractivity contribution in [3.05, 3.63) is 133 Å². The number of aliphatic hydroxyl groups excluding tert-OH is 1. The summed E-state index contributed by atoms with van der Waals surface area (Å²) in [4.78, 5) is 48.2. The molecule has 0 bridgehead atoms. The van der Waals surface area contributed by atoms with Gasteiger partial charge in [0.2, 0.25) is 17.6 Å². The first-order valence-electron chi connectivity index (χ1n) is 13.0. The van der Waals surface area contributed by atoms with Gasteiger partial charge >= 0.3 is 0 Å². The molecule has 41 heavy (non-hydrogen) atoms. The van der Waals surface area contributed by atoms with Gasteiger partial charge in [-0.1, -0.05) is 91.1 Å². The fraction of sp³-hybridized carbons (Fsp3) is 0.188. The molecular formula is C32H32N2O7. The molecule has 9 heteroatoms. The van der Waals surface area contributed by atoms with E-state index in [9.17, 15) is 29.4 Å². The van der Waals surface area contributed by atoms with E-state index in [1.54, 1.807) is 48.6 Å². The molecule has 0 aromatic heterocycles. The van der Waals surface area contributed by atoms with Crippen LogP contribution in [-0.4, -0.2) is 51.4 Å². The Balaban J connectivity index is 1.50. The van der Waals surface area contributed by atoms with Crippen LogP contribution < -0.4 is 10.6 Å². The SMILES string of the molecule is CC=CC=CC=CC=CC=CC(=O)NC1=CC(O)(C=CC=CC=CC=CC(=O)NC2=C(O)CCC2=O)C2OC2C1=O. The van der Waals surface area contributed by atoms with Crippen molar-refractivity contribution >= 4 is 23.4 Å². The van der Waals surface area contributed by atoms with Gasteiger partial charge in [-0.2, -0.15) is 0 Å². The maximum Gasteiger partial charge on any atom is 0.248 e. The molecule has 9 nitrogen and oxygen atoms in total. The molecule has 3 unspecified atom stereocenters. The van der Waals surface area contributed by atoms with Gasteiger partial charge in [-0.3, -0.25) is 19.2 Å². The van der Waals surface area contributed by atoms with Crippen LogP contribution in [-0.2, 0) is 23.9 Å². The lowest BCUT2D eigenvalue weighted by Crippen LogP contribution is -2.42. The molecule has 212 valence electrons. The van der Waals surface area contributed by atoms with Crippen LogP contribution in [0.15, 0.2) is 133 Å². The topological polar surface area (TPSA) is 145 Å². The number of ether oxygens (including phenoxy) is 1. The Morgan fingerprint density at radius 1 is 0.829 bits per heavy atom. The second-order valence-electron chi connectivity index (χ2n) is 9.04. The molecule has 0 aromatic carbocycles. The van der Waals surface area contributed by atoms with Gasteiger partial charge in [-0.05, 0) is 19.1 Å². The molecule has 3 aliphatic rings. The van der Waals surface area contributed by atoms with Crippen LogP contribution in [0.4, 0.5) is 0 Å². The smallest absolute Gasteiger partial charge is 0.248 e.